The normalized spacial score (nSPS) is 21.3. The first kappa shape index (κ1) is 13.0. The summed E-state index contributed by atoms with van der Waals surface area (Å²) in [4.78, 5) is 13.3. The van der Waals surface area contributed by atoms with Crippen LogP contribution in [0.5, 0.6) is 0 Å². The average Bonchev–Trinajstić information content (AvgIpc) is 2.32. The van der Waals surface area contributed by atoms with Crippen LogP contribution in [0.15, 0.2) is 6.07 Å². The van der Waals surface area contributed by atoms with Crippen molar-refractivity contribution < 1.29 is 4.74 Å². The molecule has 6 nitrogen and oxygen atoms in total. The van der Waals surface area contributed by atoms with Gasteiger partial charge < -0.3 is 20.3 Å². The second kappa shape index (κ2) is 5.49. The second-order valence-corrected chi connectivity index (χ2v) is 4.78. The van der Waals surface area contributed by atoms with Gasteiger partial charge in [-0.25, -0.2) is 9.97 Å². The van der Waals surface area contributed by atoms with Crippen LogP contribution < -0.4 is 10.6 Å². The molecule has 1 saturated heterocycles. The molecule has 1 atom stereocenters. The summed E-state index contributed by atoms with van der Waals surface area (Å²) in [5, 5.41) is 0. The monoisotopic (exact) mass is 251 g/mol. The van der Waals surface area contributed by atoms with E-state index >= 15 is 0 Å². The summed E-state index contributed by atoms with van der Waals surface area (Å²) >= 11 is 0. The topological polar surface area (TPSA) is 67.5 Å². The van der Waals surface area contributed by atoms with Crippen molar-refractivity contribution in [2.24, 2.45) is 0 Å². The molecule has 0 radical (unpaired) electrons. The van der Waals surface area contributed by atoms with E-state index in [4.69, 9.17) is 10.5 Å². The van der Waals surface area contributed by atoms with Crippen LogP contribution in [0.1, 0.15) is 12.7 Å². The van der Waals surface area contributed by atoms with Crippen LogP contribution in [0.3, 0.4) is 0 Å². The van der Waals surface area contributed by atoms with E-state index in [2.05, 4.69) is 33.7 Å². The van der Waals surface area contributed by atoms with Crippen LogP contribution in [0, 0.1) is 0 Å². The number of hydrogen-bond acceptors (Lipinski definition) is 6. The van der Waals surface area contributed by atoms with Gasteiger partial charge in [-0.3, -0.25) is 0 Å². The van der Waals surface area contributed by atoms with Gasteiger partial charge in [0, 0.05) is 38.9 Å². The number of anilines is 2. The Kier molecular flexibility index (Phi) is 3.98. The molecule has 1 aromatic heterocycles. The summed E-state index contributed by atoms with van der Waals surface area (Å²) in [6, 6.07) is 2.35. The van der Waals surface area contributed by atoms with Gasteiger partial charge in [-0.05, 0) is 14.0 Å². The number of aromatic nitrogens is 2. The van der Waals surface area contributed by atoms with Gasteiger partial charge in [0.15, 0.2) is 5.82 Å². The van der Waals surface area contributed by atoms with E-state index in [-0.39, 0.29) is 0 Å². The molecule has 1 aromatic rings. The minimum absolute atomic E-state index is 0.390. The third-order valence-corrected chi connectivity index (χ3v) is 3.34. The molecule has 0 bridgehead atoms. The van der Waals surface area contributed by atoms with Gasteiger partial charge in [-0.1, -0.05) is 0 Å². The minimum Gasteiger partial charge on any atom is -0.384 e. The maximum absolute atomic E-state index is 5.81. The summed E-state index contributed by atoms with van der Waals surface area (Å²) in [7, 11) is 3.77. The molecule has 0 amide bonds. The molecule has 2 heterocycles. The van der Waals surface area contributed by atoms with E-state index < -0.39 is 0 Å². The van der Waals surface area contributed by atoms with Gasteiger partial charge in [0.1, 0.15) is 18.2 Å². The van der Waals surface area contributed by atoms with Gasteiger partial charge in [0.05, 0.1) is 0 Å². The molecule has 18 heavy (non-hydrogen) atoms. The predicted octanol–water partition coefficient (Wildman–Crippen LogP) is 0.346. The quantitative estimate of drug-likeness (QED) is 0.836. The smallest absolute Gasteiger partial charge is 0.158 e. The number of nitrogens with two attached hydrogens (primary N) is 1. The zero-order valence-electron chi connectivity index (χ0n) is 11.3. The fourth-order valence-corrected chi connectivity index (χ4v) is 2.12. The van der Waals surface area contributed by atoms with Crippen molar-refractivity contribution in [3.05, 3.63) is 11.9 Å². The number of methoxy groups -OCH3 is 1. The maximum Gasteiger partial charge on any atom is 0.158 e. The van der Waals surface area contributed by atoms with Crippen molar-refractivity contribution in [2.45, 2.75) is 19.6 Å². The molecular weight excluding hydrogens is 230 g/mol. The highest BCUT2D eigenvalue weighted by atomic mass is 16.5. The van der Waals surface area contributed by atoms with E-state index in [1.54, 1.807) is 7.11 Å². The molecule has 0 aliphatic carbocycles. The van der Waals surface area contributed by atoms with Crippen molar-refractivity contribution in [1.82, 2.24) is 14.9 Å². The fraction of sp³-hybridized carbons (Fsp3) is 0.667. The standard InChI is InChI=1S/C12H21N5O/c1-9-7-17(5-4-16(9)2)12-6-10(13)14-11(15-12)8-18-3/h6,9H,4-5,7-8H2,1-3H3,(H2,13,14,15). The zero-order chi connectivity index (χ0) is 13.1. The molecule has 0 saturated carbocycles. The molecule has 2 rings (SSSR count). The summed E-state index contributed by atoms with van der Waals surface area (Å²) in [6.07, 6.45) is 0. The highest BCUT2D eigenvalue weighted by Gasteiger charge is 2.22. The lowest BCUT2D eigenvalue weighted by Crippen LogP contribution is -2.50. The Morgan fingerprint density at radius 2 is 2.22 bits per heavy atom. The van der Waals surface area contributed by atoms with Crippen LogP contribution in [0.25, 0.3) is 0 Å². The molecule has 2 N–H and O–H groups in total. The first-order valence-corrected chi connectivity index (χ1v) is 6.17. The summed E-state index contributed by atoms with van der Waals surface area (Å²) in [6.45, 7) is 5.56. The molecule has 6 heteroatoms. The Labute approximate surface area is 108 Å². The lowest BCUT2D eigenvalue weighted by atomic mass is 10.2. The van der Waals surface area contributed by atoms with Gasteiger partial charge >= 0.3 is 0 Å². The minimum atomic E-state index is 0.390. The first-order chi connectivity index (χ1) is 8.60. The Balaban J connectivity index is 2.17. The van der Waals surface area contributed by atoms with E-state index in [0.29, 0.717) is 24.3 Å². The largest absolute Gasteiger partial charge is 0.384 e. The summed E-state index contributed by atoms with van der Waals surface area (Å²) < 4.78 is 5.06. The summed E-state index contributed by atoms with van der Waals surface area (Å²) in [5.41, 5.74) is 5.81. The third-order valence-electron chi connectivity index (χ3n) is 3.34. The molecule has 0 spiro atoms. The van der Waals surface area contributed by atoms with Crippen molar-refractivity contribution in [1.29, 1.82) is 0 Å². The van der Waals surface area contributed by atoms with Crippen molar-refractivity contribution >= 4 is 11.6 Å². The fourth-order valence-electron chi connectivity index (χ4n) is 2.12. The Morgan fingerprint density at radius 1 is 1.44 bits per heavy atom. The molecule has 1 aliphatic heterocycles. The van der Waals surface area contributed by atoms with E-state index in [9.17, 15) is 0 Å². The van der Waals surface area contributed by atoms with Gasteiger partial charge in [-0.15, -0.1) is 0 Å². The van der Waals surface area contributed by atoms with Crippen molar-refractivity contribution in [2.75, 3.05) is 44.4 Å². The van der Waals surface area contributed by atoms with E-state index in [0.717, 1.165) is 25.5 Å². The molecule has 1 aliphatic rings. The van der Waals surface area contributed by atoms with Crippen molar-refractivity contribution in [3.8, 4) is 0 Å². The van der Waals surface area contributed by atoms with Crippen LogP contribution in [0.4, 0.5) is 11.6 Å². The number of likely N-dealkylation sites (N-methyl/N-ethyl adjacent to an activating group) is 1. The predicted molar refractivity (Wildman–Crippen MR) is 71.5 cm³/mol. The average molecular weight is 251 g/mol. The lowest BCUT2D eigenvalue weighted by Gasteiger charge is -2.38. The van der Waals surface area contributed by atoms with Gasteiger partial charge in [0.2, 0.25) is 0 Å². The Morgan fingerprint density at radius 3 is 2.89 bits per heavy atom. The number of piperazine rings is 1. The number of rotatable bonds is 3. The van der Waals surface area contributed by atoms with Crippen LogP contribution >= 0.6 is 0 Å². The third kappa shape index (κ3) is 2.88. The molecule has 100 valence electrons. The zero-order valence-corrected chi connectivity index (χ0v) is 11.3. The highest BCUT2D eigenvalue weighted by Crippen LogP contribution is 2.18. The molecule has 0 aromatic carbocycles. The van der Waals surface area contributed by atoms with E-state index in [1.807, 2.05) is 6.07 Å². The molecular formula is C12H21N5O. The Hall–Kier alpha value is -1.40. The van der Waals surface area contributed by atoms with Crippen LogP contribution in [-0.4, -0.2) is 54.7 Å². The van der Waals surface area contributed by atoms with Crippen LogP contribution in [0.2, 0.25) is 0 Å². The molecule has 1 unspecified atom stereocenters. The van der Waals surface area contributed by atoms with Gasteiger partial charge in [-0.2, -0.15) is 0 Å². The number of ether oxygens (including phenoxy) is 1. The van der Waals surface area contributed by atoms with Crippen LogP contribution in [-0.2, 0) is 11.3 Å². The number of nitrogen functional groups attached to an aromatic ring is 1. The Bertz CT molecular complexity index is 411. The second-order valence-electron chi connectivity index (χ2n) is 4.78. The summed E-state index contributed by atoms with van der Waals surface area (Å²) in [5.74, 6) is 2.03. The van der Waals surface area contributed by atoms with E-state index in [1.165, 1.54) is 0 Å². The number of nitrogens with zero attached hydrogens (tertiary/aromatic N) is 4. The van der Waals surface area contributed by atoms with Gasteiger partial charge in [0.25, 0.3) is 0 Å². The maximum atomic E-state index is 5.81. The lowest BCUT2D eigenvalue weighted by molar-refractivity contribution is 0.178. The van der Waals surface area contributed by atoms with Crippen molar-refractivity contribution in [3.63, 3.8) is 0 Å². The SMILES string of the molecule is COCc1nc(N)cc(N2CCN(C)C(C)C2)n1. The number of hydrogen-bond donors (Lipinski definition) is 1. The molecule has 1 fully saturated rings. The first-order valence-electron chi connectivity index (χ1n) is 6.17. The highest BCUT2D eigenvalue weighted by molar-refractivity contribution is 5.47.